The number of nitriles is 2. The highest BCUT2D eigenvalue weighted by Crippen LogP contribution is 2.39. The first-order chi connectivity index (χ1) is 23.7. The molecule has 0 saturated heterocycles. The van der Waals surface area contributed by atoms with Gasteiger partial charge in [0.25, 0.3) is 0 Å². The lowest BCUT2D eigenvalue weighted by molar-refractivity contribution is 1.18. The normalized spacial score (nSPS) is 11.3. The molecule has 0 spiro atoms. The predicted octanol–water partition coefficient (Wildman–Crippen LogP) is 11.0. The molecule has 2 aromatic heterocycles. The van der Waals surface area contributed by atoms with Crippen molar-refractivity contribution < 1.29 is 0 Å². The SMILES string of the molecule is N#Cc1ccc(-n2c3ccccc3c3c(C#N)cccc32)c(-c2ccc(-c3cccc(-n4c5ccccc5c5ccccc54)c3)cc2)c1. The standard InChI is InChI=1S/C44H26N4/c45-27-29-19-24-42(48-41-17-6-3-14-37(41)44-33(28-46)10-8-18-43(44)48)38(25-29)31-22-20-30(21-23-31)32-9-7-11-34(26-32)47-39-15-4-1-12-35(39)36-13-2-5-16-40(36)47/h1-26H. The second kappa shape index (κ2) is 10.9. The fraction of sp³-hybridized carbons (Fsp3) is 0. The first kappa shape index (κ1) is 27.4. The molecule has 7 aromatic carbocycles. The number of rotatable bonds is 4. The zero-order valence-corrected chi connectivity index (χ0v) is 25.8. The lowest BCUT2D eigenvalue weighted by Gasteiger charge is -2.15. The maximum absolute atomic E-state index is 9.96. The topological polar surface area (TPSA) is 57.4 Å². The quantitative estimate of drug-likeness (QED) is 0.199. The van der Waals surface area contributed by atoms with E-state index in [0.717, 1.165) is 55.4 Å². The van der Waals surface area contributed by atoms with E-state index in [1.54, 1.807) is 0 Å². The van der Waals surface area contributed by atoms with Gasteiger partial charge in [-0.25, -0.2) is 0 Å². The summed E-state index contributed by atoms with van der Waals surface area (Å²) < 4.78 is 4.55. The summed E-state index contributed by atoms with van der Waals surface area (Å²) >= 11 is 0. The summed E-state index contributed by atoms with van der Waals surface area (Å²) in [5.41, 5.74) is 11.8. The second-order valence-corrected chi connectivity index (χ2v) is 12.0. The molecule has 0 aliphatic rings. The number of fused-ring (bicyclic) bond motifs is 6. The Morgan fingerprint density at radius 1 is 0.417 bits per heavy atom. The summed E-state index contributed by atoms with van der Waals surface area (Å²) in [4.78, 5) is 0. The maximum atomic E-state index is 9.96. The van der Waals surface area contributed by atoms with Gasteiger partial charge < -0.3 is 9.13 Å². The minimum atomic E-state index is 0.593. The number of hydrogen-bond donors (Lipinski definition) is 0. The number of para-hydroxylation sites is 3. The number of hydrogen-bond acceptors (Lipinski definition) is 2. The first-order valence-corrected chi connectivity index (χ1v) is 15.9. The van der Waals surface area contributed by atoms with Gasteiger partial charge in [-0.15, -0.1) is 0 Å². The van der Waals surface area contributed by atoms with Crippen molar-refractivity contribution in [2.45, 2.75) is 0 Å². The van der Waals surface area contributed by atoms with Crippen molar-refractivity contribution >= 4 is 43.6 Å². The average molecular weight is 611 g/mol. The lowest BCUT2D eigenvalue weighted by atomic mass is 9.97. The van der Waals surface area contributed by atoms with E-state index in [2.05, 4.69) is 137 Å². The summed E-state index contributed by atoms with van der Waals surface area (Å²) in [6, 6.07) is 59.0. The van der Waals surface area contributed by atoms with E-state index in [9.17, 15) is 10.5 Å². The predicted molar refractivity (Wildman–Crippen MR) is 195 cm³/mol. The molecule has 0 bridgehead atoms. The molecule has 4 nitrogen and oxygen atoms in total. The highest BCUT2D eigenvalue weighted by molar-refractivity contribution is 6.12. The third-order valence-corrected chi connectivity index (χ3v) is 9.40. The van der Waals surface area contributed by atoms with Crippen LogP contribution in [0, 0.1) is 22.7 Å². The van der Waals surface area contributed by atoms with Crippen molar-refractivity contribution in [2.24, 2.45) is 0 Å². The van der Waals surface area contributed by atoms with Crippen LogP contribution in [0.25, 0.3) is 77.2 Å². The molecule has 9 aromatic rings. The number of aromatic nitrogens is 2. The van der Waals surface area contributed by atoms with E-state index in [0.29, 0.717) is 11.1 Å². The monoisotopic (exact) mass is 610 g/mol. The molecule has 48 heavy (non-hydrogen) atoms. The van der Waals surface area contributed by atoms with Crippen LogP contribution in [0.1, 0.15) is 11.1 Å². The van der Waals surface area contributed by atoms with Gasteiger partial charge in [-0.2, -0.15) is 10.5 Å². The molecule has 2 heterocycles. The van der Waals surface area contributed by atoms with Crippen molar-refractivity contribution in [2.75, 3.05) is 0 Å². The Balaban J connectivity index is 1.18. The molecule has 9 rings (SSSR count). The molecular formula is C44H26N4. The van der Waals surface area contributed by atoms with Crippen molar-refractivity contribution in [3.63, 3.8) is 0 Å². The van der Waals surface area contributed by atoms with Crippen LogP contribution in [0.15, 0.2) is 158 Å². The summed E-state index contributed by atoms with van der Waals surface area (Å²) in [6.45, 7) is 0. The van der Waals surface area contributed by atoms with Crippen molar-refractivity contribution in [3.05, 3.63) is 169 Å². The summed E-state index contributed by atoms with van der Waals surface area (Å²) in [5, 5.41) is 24.3. The first-order valence-electron chi connectivity index (χ1n) is 15.9. The molecule has 0 unspecified atom stereocenters. The van der Waals surface area contributed by atoms with Crippen molar-refractivity contribution in [3.8, 4) is 45.8 Å². The molecule has 0 amide bonds. The van der Waals surface area contributed by atoms with Gasteiger partial charge in [-0.05, 0) is 77.4 Å². The van der Waals surface area contributed by atoms with Crippen LogP contribution in [0.3, 0.4) is 0 Å². The van der Waals surface area contributed by atoms with Gasteiger partial charge >= 0.3 is 0 Å². The Hall–Kier alpha value is -6.88. The van der Waals surface area contributed by atoms with E-state index in [-0.39, 0.29) is 0 Å². The van der Waals surface area contributed by atoms with Crippen LogP contribution in [0.4, 0.5) is 0 Å². The van der Waals surface area contributed by atoms with Gasteiger partial charge in [0.15, 0.2) is 0 Å². The maximum Gasteiger partial charge on any atom is 0.0998 e. The molecular weight excluding hydrogens is 585 g/mol. The van der Waals surface area contributed by atoms with Gasteiger partial charge in [-0.3, -0.25) is 0 Å². The minimum absolute atomic E-state index is 0.593. The minimum Gasteiger partial charge on any atom is -0.309 e. The van der Waals surface area contributed by atoms with Crippen LogP contribution >= 0.6 is 0 Å². The van der Waals surface area contributed by atoms with Crippen LogP contribution in [-0.2, 0) is 0 Å². The van der Waals surface area contributed by atoms with Crippen LogP contribution in [0.2, 0.25) is 0 Å². The summed E-state index contributed by atoms with van der Waals surface area (Å²) in [5.74, 6) is 0. The molecule has 0 atom stereocenters. The summed E-state index contributed by atoms with van der Waals surface area (Å²) in [7, 11) is 0. The highest BCUT2D eigenvalue weighted by Gasteiger charge is 2.18. The lowest BCUT2D eigenvalue weighted by Crippen LogP contribution is -1.98. The smallest absolute Gasteiger partial charge is 0.0998 e. The largest absolute Gasteiger partial charge is 0.309 e. The molecule has 0 fully saturated rings. The molecule has 222 valence electrons. The third-order valence-electron chi connectivity index (χ3n) is 9.40. The van der Waals surface area contributed by atoms with E-state index >= 15 is 0 Å². The van der Waals surface area contributed by atoms with Gasteiger partial charge in [0.05, 0.1) is 51.0 Å². The second-order valence-electron chi connectivity index (χ2n) is 12.0. The molecule has 4 heteroatoms. The number of nitrogens with zero attached hydrogens (tertiary/aromatic N) is 4. The fourth-order valence-electron chi connectivity index (χ4n) is 7.27. The summed E-state index contributed by atoms with van der Waals surface area (Å²) in [6.07, 6.45) is 0. The van der Waals surface area contributed by atoms with Crippen LogP contribution < -0.4 is 0 Å². The Morgan fingerprint density at radius 3 is 1.71 bits per heavy atom. The molecule has 0 radical (unpaired) electrons. The molecule has 0 saturated carbocycles. The Morgan fingerprint density at radius 2 is 1.02 bits per heavy atom. The molecule has 0 aliphatic heterocycles. The van der Waals surface area contributed by atoms with E-state index in [1.807, 2.05) is 42.5 Å². The Labute approximate surface area is 277 Å². The fourth-order valence-corrected chi connectivity index (χ4v) is 7.27. The van der Waals surface area contributed by atoms with Gasteiger partial charge in [0, 0.05) is 32.8 Å². The molecule has 0 aliphatic carbocycles. The van der Waals surface area contributed by atoms with E-state index in [1.165, 1.54) is 21.8 Å². The highest BCUT2D eigenvalue weighted by atomic mass is 15.0. The van der Waals surface area contributed by atoms with E-state index in [4.69, 9.17) is 0 Å². The van der Waals surface area contributed by atoms with Crippen molar-refractivity contribution in [1.29, 1.82) is 10.5 Å². The Bertz CT molecular complexity index is 2750. The average Bonchev–Trinajstić information content (AvgIpc) is 3.68. The van der Waals surface area contributed by atoms with Gasteiger partial charge in [-0.1, -0.05) is 97.1 Å². The van der Waals surface area contributed by atoms with Gasteiger partial charge in [0.2, 0.25) is 0 Å². The van der Waals surface area contributed by atoms with Crippen LogP contribution in [-0.4, -0.2) is 9.13 Å². The third kappa shape index (κ3) is 4.14. The van der Waals surface area contributed by atoms with Crippen LogP contribution in [0.5, 0.6) is 0 Å². The van der Waals surface area contributed by atoms with E-state index < -0.39 is 0 Å². The zero-order chi connectivity index (χ0) is 32.2. The number of benzene rings is 7. The van der Waals surface area contributed by atoms with Gasteiger partial charge in [0.1, 0.15) is 0 Å². The van der Waals surface area contributed by atoms with Crippen molar-refractivity contribution in [1.82, 2.24) is 9.13 Å². The molecule has 0 N–H and O–H groups in total. The zero-order valence-electron chi connectivity index (χ0n) is 25.8. The Kier molecular flexibility index (Phi) is 6.22.